The number of benzene rings is 1. The Balaban J connectivity index is 2.18. The summed E-state index contributed by atoms with van der Waals surface area (Å²) in [7, 11) is 0. The summed E-state index contributed by atoms with van der Waals surface area (Å²) in [6.45, 7) is -1.16. The van der Waals surface area contributed by atoms with Crippen LogP contribution < -0.4 is 4.74 Å². The summed E-state index contributed by atoms with van der Waals surface area (Å²) in [5.41, 5.74) is 0. The van der Waals surface area contributed by atoms with Crippen LogP contribution in [0.3, 0.4) is 0 Å². The lowest BCUT2D eigenvalue weighted by Crippen LogP contribution is -2.18. The maximum absolute atomic E-state index is 12.9. The van der Waals surface area contributed by atoms with Gasteiger partial charge in [-0.1, -0.05) is 15.9 Å². The van der Waals surface area contributed by atoms with Gasteiger partial charge >= 0.3 is 6.18 Å². The minimum absolute atomic E-state index is 0.0595. The summed E-state index contributed by atoms with van der Waals surface area (Å²) < 4.78 is 58.2. The van der Waals surface area contributed by atoms with Crippen LogP contribution in [0.25, 0.3) is 0 Å². The molecule has 0 radical (unpaired) electrons. The molecule has 1 aromatic carbocycles. The Morgan fingerprint density at radius 1 is 1.11 bits per heavy atom. The molecule has 0 aliphatic heterocycles. The van der Waals surface area contributed by atoms with Crippen molar-refractivity contribution >= 4 is 15.9 Å². The van der Waals surface area contributed by atoms with Crippen LogP contribution in [0.15, 0.2) is 22.7 Å². The number of ether oxygens (including phenoxy) is 2. The van der Waals surface area contributed by atoms with Crippen LogP contribution in [0.2, 0.25) is 0 Å². The summed E-state index contributed by atoms with van der Waals surface area (Å²) >= 11 is 3.10. The van der Waals surface area contributed by atoms with E-state index in [9.17, 15) is 17.6 Å². The van der Waals surface area contributed by atoms with Crippen molar-refractivity contribution in [3.8, 4) is 5.75 Å². The summed E-state index contributed by atoms with van der Waals surface area (Å²) in [4.78, 5) is 0. The topological polar surface area (TPSA) is 18.5 Å². The number of halogens is 5. The van der Waals surface area contributed by atoms with Gasteiger partial charge in [0.1, 0.15) is 18.2 Å². The third kappa shape index (κ3) is 6.80. The van der Waals surface area contributed by atoms with E-state index in [0.717, 1.165) is 0 Å². The van der Waals surface area contributed by atoms with E-state index in [1.807, 2.05) is 0 Å². The molecule has 0 saturated carbocycles. The lowest BCUT2D eigenvalue weighted by molar-refractivity contribution is -0.174. The molecule has 0 aliphatic carbocycles. The molecule has 0 saturated heterocycles. The highest BCUT2D eigenvalue weighted by Crippen LogP contribution is 2.20. The van der Waals surface area contributed by atoms with Crippen LogP contribution in [0.5, 0.6) is 5.75 Å². The van der Waals surface area contributed by atoms with Gasteiger partial charge in [-0.3, -0.25) is 0 Å². The molecule has 102 valence electrons. The van der Waals surface area contributed by atoms with Gasteiger partial charge in [-0.05, 0) is 12.1 Å². The van der Waals surface area contributed by atoms with Crippen LogP contribution in [0.1, 0.15) is 6.42 Å². The molecule has 0 aliphatic rings. The van der Waals surface area contributed by atoms with Gasteiger partial charge in [0.05, 0.1) is 13.2 Å². The molecule has 1 aromatic rings. The van der Waals surface area contributed by atoms with Crippen LogP contribution in [-0.2, 0) is 4.74 Å². The molecule has 1 rings (SSSR count). The molecule has 0 heterocycles. The Hall–Kier alpha value is -0.820. The van der Waals surface area contributed by atoms with Gasteiger partial charge in [0.2, 0.25) is 0 Å². The average molecular weight is 331 g/mol. The second-order valence-corrected chi connectivity index (χ2v) is 4.39. The van der Waals surface area contributed by atoms with E-state index < -0.39 is 18.6 Å². The zero-order valence-electron chi connectivity index (χ0n) is 9.27. The molecule has 0 atom stereocenters. The van der Waals surface area contributed by atoms with Crippen molar-refractivity contribution < 1.29 is 27.0 Å². The molecular formula is C11H11BrF4O2. The van der Waals surface area contributed by atoms with Gasteiger partial charge in [0.15, 0.2) is 0 Å². The van der Waals surface area contributed by atoms with Gasteiger partial charge in [0, 0.05) is 17.0 Å². The zero-order chi connectivity index (χ0) is 13.6. The minimum Gasteiger partial charge on any atom is -0.493 e. The molecule has 0 bridgehead atoms. The molecule has 0 spiro atoms. The van der Waals surface area contributed by atoms with Crippen molar-refractivity contribution in [2.24, 2.45) is 0 Å². The Labute approximate surface area is 110 Å². The highest BCUT2D eigenvalue weighted by atomic mass is 79.9. The van der Waals surface area contributed by atoms with E-state index in [4.69, 9.17) is 4.74 Å². The Morgan fingerprint density at radius 2 is 1.83 bits per heavy atom. The smallest absolute Gasteiger partial charge is 0.411 e. The van der Waals surface area contributed by atoms with E-state index in [-0.39, 0.29) is 13.2 Å². The Kier molecular flexibility index (Phi) is 5.87. The second kappa shape index (κ2) is 6.94. The molecule has 0 aromatic heterocycles. The largest absolute Gasteiger partial charge is 0.493 e. The number of rotatable bonds is 6. The molecule has 2 nitrogen and oxygen atoms in total. The van der Waals surface area contributed by atoms with E-state index in [2.05, 4.69) is 20.7 Å². The van der Waals surface area contributed by atoms with Crippen molar-refractivity contribution in [1.29, 1.82) is 0 Å². The first-order valence-electron chi connectivity index (χ1n) is 5.10. The summed E-state index contributed by atoms with van der Waals surface area (Å²) in [6.07, 6.45) is -4.02. The Bertz CT molecular complexity index is 362. The van der Waals surface area contributed by atoms with E-state index in [1.165, 1.54) is 12.1 Å². The number of alkyl halides is 3. The monoisotopic (exact) mass is 330 g/mol. The maximum atomic E-state index is 12.9. The third-order valence-electron chi connectivity index (χ3n) is 1.80. The van der Waals surface area contributed by atoms with E-state index >= 15 is 0 Å². The van der Waals surface area contributed by atoms with Crippen LogP contribution in [-0.4, -0.2) is 26.0 Å². The normalized spacial score (nSPS) is 11.6. The fourth-order valence-electron chi connectivity index (χ4n) is 1.15. The highest BCUT2D eigenvalue weighted by Gasteiger charge is 2.27. The fourth-order valence-corrected chi connectivity index (χ4v) is 1.60. The second-order valence-electron chi connectivity index (χ2n) is 3.47. The van der Waals surface area contributed by atoms with Crippen molar-refractivity contribution in [3.05, 3.63) is 28.5 Å². The van der Waals surface area contributed by atoms with E-state index in [0.29, 0.717) is 16.6 Å². The third-order valence-corrected chi connectivity index (χ3v) is 2.26. The van der Waals surface area contributed by atoms with E-state index in [1.54, 1.807) is 6.07 Å². The van der Waals surface area contributed by atoms with Gasteiger partial charge in [-0.25, -0.2) is 4.39 Å². The van der Waals surface area contributed by atoms with Crippen molar-refractivity contribution in [2.75, 3.05) is 19.8 Å². The molecule has 7 heteroatoms. The predicted octanol–water partition coefficient (Wildman–Crippen LogP) is 3.94. The average Bonchev–Trinajstić information content (AvgIpc) is 2.20. The molecule has 0 amide bonds. The van der Waals surface area contributed by atoms with Crippen LogP contribution >= 0.6 is 15.9 Å². The van der Waals surface area contributed by atoms with Crippen LogP contribution in [0, 0.1) is 5.82 Å². The number of hydrogen-bond donors (Lipinski definition) is 0. The quantitative estimate of drug-likeness (QED) is 0.581. The van der Waals surface area contributed by atoms with Crippen molar-refractivity contribution in [2.45, 2.75) is 12.6 Å². The standard InChI is InChI=1S/C11H11BrF4O2/c12-8-4-9(13)6-10(5-8)18-3-1-2-17-7-11(14,15)16/h4-6H,1-3,7H2. The first-order chi connectivity index (χ1) is 8.37. The summed E-state index contributed by atoms with van der Waals surface area (Å²) in [5.74, 6) is -0.134. The number of hydrogen-bond acceptors (Lipinski definition) is 2. The molecule has 0 unspecified atom stereocenters. The van der Waals surface area contributed by atoms with Crippen molar-refractivity contribution in [1.82, 2.24) is 0 Å². The molecular weight excluding hydrogens is 320 g/mol. The molecule has 0 N–H and O–H groups in total. The highest BCUT2D eigenvalue weighted by molar-refractivity contribution is 9.10. The lowest BCUT2D eigenvalue weighted by Gasteiger charge is -2.09. The minimum atomic E-state index is -4.31. The van der Waals surface area contributed by atoms with Gasteiger partial charge in [-0.2, -0.15) is 13.2 Å². The Morgan fingerprint density at radius 3 is 2.44 bits per heavy atom. The van der Waals surface area contributed by atoms with Crippen LogP contribution in [0.4, 0.5) is 17.6 Å². The van der Waals surface area contributed by atoms with Gasteiger partial charge in [0.25, 0.3) is 0 Å². The summed E-state index contributed by atoms with van der Waals surface area (Å²) in [5, 5.41) is 0. The fraction of sp³-hybridized carbons (Fsp3) is 0.455. The molecule has 0 fully saturated rings. The molecule has 18 heavy (non-hydrogen) atoms. The first-order valence-corrected chi connectivity index (χ1v) is 5.89. The summed E-state index contributed by atoms with van der Waals surface area (Å²) in [6, 6.07) is 4.04. The zero-order valence-corrected chi connectivity index (χ0v) is 10.9. The van der Waals surface area contributed by atoms with Gasteiger partial charge < -0.3 is 9.47 Å². The first kappa shape index (κ1) is 15.2. The van der Waals surface area contributed by atoms with Crippen molar-refractivity contribution in [3.63, 3.8) is 0 Å². The lowest BCUT2D eigenvalue weighted by atomic mass is 10.3. The predicted molar refractivity (Wildman–Crippen MR) is 61.1 cm³/mol. The van der Waals surface area contributed by atoms with Gasteiger partial charge in [-0.15, -0.1) is 0 Å². The SMILES string of the molecule is Fc1cc(Br)cc(OCCCOCC(F)(F)F)c1. The maximum Gasteiger partial charge on any atom is 0.411 e.